The second-order valence-corrected chi connectivity index (χ2v) is 7.28. The summed E-state index contributed by atoms with van der Waals surface area (Å²) in [5, 5.41) is 0.719. The number of nitrogens with two attached hydrogens (primary N) is 1. The molecule has 2 aromatic carbocycles. The molecule has 0 saturated heterocycles. The van der Waals surface area contributed by atoms with Crippen molar-refractivity contribution in [3.8, 4) is 0 Å². The van der Waals surface area contributed by atoms with Crippen LogP contribution in [0.4, 0.5) is 4.39 Å². The lowest BCUT2D eigenvalue weighted by Crippen LogP contribution is -2.11. The first kappa shape index (κ1) is 18.8. The standard InChI is InChI=1S/C25H21FN2O/c1-15-13-18(6-9-23(15)26)16(2)20(8-5-17-3-4-17)19-7-10-24-22(14-19)21(25(27)29)11-12-28-24/h3-14,17H,1-2H3,(H2,27,29)/b8-5-,20-16-. The summed E-state index contributed by atoms with van der Waals surface area (Å²) in [6.45, 7) is 3.78. The molecule has 0 atom stereocenters. The van der Waals surface area contributed by atoms with Crippen molar-refractivity contribution >= 4 is 28.0 Å². The molecule has 2 N–H and O–H groups in total. The number of hydrogen-bond donors (Lipinski definition) is 1. The van der Waals surface area contributed by atoms with Gasteiger partial charge in [0.2, 0.25) is 5.91 Å². The number of carbonyl (C=O) groups excluding carboxylic acids is 1. The van der Waals surface area contributed by atoms with E-state index in [2.05, 4.69) is 29.3 Å². The van der Waals surface area contributed by atoms with Crippen LogP contribution in [0.2, 0.25) is 0 Å². The zero-order chi connectivity index (χ0) is 20.5. The van der Waals surface area contributed by atoms with Crippen LogP contribution in [-0.2, 0) is 0 Å². The number of aromatic nitrogens is 1. The Balaban J connectivity index is 1.90. The van der Waals surface area contributed by atoms with Gasteiger partial charge in [-0.3, -0.25) is 9.78 Å². The average Bonchev–Trinajstić information content (AvgIpc) is 3.53. The Morgan fingerprint density at radius 1 is 1.10 bits per heavy atom. The van der Waals surface area contributed by atoms with Gasteiger partial charge >= 0.3 is 0 Å². The number of nitrogens with zero attached hydrogens (tertiary/aromatic N) is 1. The van der Waals surface area contributed by atoms with E-state index in [9.17, 15) is 9.18 Å². The van der Waals surface area contributed by atoms with Crippen LogP contribution < -0.4 is 5.73 Å². The van der Waals surface area contributed by atoms with E-state index in [1.165, 1.54) is 6.07 Å². The summed E-state index contributed by atoms with van der Waals surface area (Å²) in [5.74, 6) is -0.330. The molecule has 0 unspecified atom stereocenters. The van der Waals surface area contributed by atoms with Gasteiger partial charge in [0.1, 0.15) is 5.82 Å². The van der Waals surface area contributed by atoms with Crippen LogP contribution in [0.5, 0.6) is 0 Å². The Kier molecular flexibility index (Phi) is 4.85. The van der Waals surface area contributed by atoms with Crippen LogP contribution in [0.1, 0.15) is 34.0 Å². The first-order chi connectivity index (χ1) is 13.9. The molecule has 4 heteroatoms. The number of halogens is 1. The van der Waals surface area contributed by atoms with Gasteiger partial charge in [-0.1, -0.05) is 36.4 Å². The third-order valence-corrected chi connectivity index (χ3v) is 5.21. The van der Waals surface area contributed by atoms with Gasteiger partial charge in [-0.2, -0.15) is 0 Å². The predicted octanol–water partition coefficient (Wildman–Crippen LogP) is 5.45. The van der Waals surface area contributed by atoms with Gasteiger partial charge in [-0.25, -0.2) is 4.39 Å². The first-order valence-electron chi connectivity index (χ1n) is 9.47. The lowest BCUT2D eigenvalue weighted by Gasteiger charge is -2.13. The van der Waals surface area contributed by atoms with Crippen molar-refractivity contribution < 1.29 is 9.18 Å². The predicted molar refractivity (Wildman–Crippen MR) is 116 cm³/mol. The minimum absolute atomic E-state index is 0.219. The molecule has 0 bridgehead atoms. The molecule has 1 heterocycles. The molecule has 144 valence electrons. The van der Waals surface area contributed by atoms with Gasteiger partial charge < -0.3 is 5.73 Å². The number of amides is 1. The average molecular weight is 384 g/mol. The van der Waals surface area contributed by atoms with Gasteiger partial charge in [0.05, 0.1) is 11.1 Å². The maximum Gasteiger partial charge on any atom is 0.249 e. The van der Waals surface area contributed by atoms with Crippen LogP contribution in [0.3, 0.4) is 0 Å². The number of allylic oxidation sites excluding steroid dienone is 6. The summed E-state index contributed by atoms with van der Waals surface area (Å²) >= 11 is 0. The second kappa shape index (κ2) is 7.47. The molecule has 1 aliphatic rings. The Bertz CT molecular complexity index is 1210. The van der Waals surface area contributed by atoms with Gasteiger partial charge in [0, 0.05) is 17.5 Å². The number of fused-ring (bicyclic) bond motifs is 1. The van der Waals surface area contributed by atoms with Gasteiger partial charge in [0.15, 0.2) is 0 Å². The van der Waals surface area contributed by atoms with Crippen LogP contribution in [-0.4, -0.2) is 10.9 Å². The summed E-state index contributed by atoms with van der Waals surface area (Å²) in [7, 11) is 0. The highest BCUT2D eigenvalue weighted by Crippen LogP contribution is 2.32. The minimum atomic E-state index is -0.483. The normalized spacial score (nSPS) is 14.4. The zero-order valence-corrected chi connectivity index (χ0v) is 16.3. The minimum Gasteiger partial charge on any atom is -0.366 e. The molecule has 4 rings (SSSR count). The molecule has 3 nitrogen and oxygen atoms in total. The molecule has 1 amide bonds. The highest BCUT2D eigenvalue weighted by molar-refractivity contribution is 6.07. The van der Waals surface area contributed by atoms with Gasteiger partial charge in [0.25, 0.3) is 0 Å². The van der Waals surface area contributed by atoms with Crippen LogP contribution in [0.25, 0.3) is 22.0 Å². The number of hydrogen-bond acceptors (Lipinski definition) is 2. The van der Waals surface area contributed by atoms with Gasteiger partial charge in [-0.15, -0.1) is 0 Å². The fourth-order valence-electron chi connectivity index (χ4n) is 3.40. The van der Waals surface area contributed by atoms with Crippen molar-refractivity contribution in [3.05, 3.63) is 101 Å². The topological polar surface area (TPSA) is 56.0 Å². The maximum absolute atomic E-state index is 13.8. The van der Waals surface area contributed by atoms with Crippen molar-refractivity contribution in [1.82, 2.24) is 4.98 Å². The van der Waals surface area contributed by atoms with E-state index in [0.29, 0.717) is 22.6 Å². The van der Waals surface area contributed by atoms with Crippen LogP contribution in [0, 0.1) is 18.7 Å². The zero-order valence-electron chi connectivity index (χ0n) is 16.3. The smallest absolute Gasteiger partial charge is 0.249 e. The highest BCUT2D eigenvalue weighted by atomic mass is 19.1. The number of primary amides is 1. The molecule has 1 aliphatic carbocycles. The number of pyridine rings is 1. The molecular formula is C25H21FN2O. The maximum atomic E-state index is 13.8. The van der Waals surface area contributed by atoms with Crippen molar-refractivity contribution in [1.29, 1.82) is 0 Å². The summed E-state index contributed by atoms with van der Waals surface area (Å²) in [6.07, 6.45) is 10.0. The van der Waals surface area contributed by atoms with E-state index in [-0.39, 0.29) is 5.82 Å². The molecule has 1 aromatic heterocycles. The Morgan fingerprint density at radius 2 is 1.86 bits per heavy atom. The molecule has 29 heavy (non-hydrogen) atoms. The van der Waals surface area contributed by atoms with E-state index in [1.54, 1.807) is 25.3 Å². The third kappa shape index (κ3) is 3.87. The highest BCUT2D eigenvalue weighted by Gasteiger charge is 2.13. The molecular weight excluding hydrogens is 363 g/mol. The molecule has 0 aliphatic heterocycles. The Labute approximate surface area is 169 Å². The second-order valence-electron chi connectivity index (χ2n) is 7.28. The van der Waals surface area contributed by atoms with Crippen molar-refractivity contribution in [2.75, 3.05) is 0 Å². The first-order valence-corrected chi connectivity index (χ1v) is 9.47. The van der Waals surface area contributed by atoms with Crippen LogP contribution in [0.15, 0.2) is 73.0 Å². The molecule has 0 radical (unpaired) electrons. The molecule has 3 aromatic rings. The fourth-order valence-corrected chi connectivity index (χ4v) is 3.40. The molecule has 0 fully saturated rings. The SMILES string of the molecule is C/C(=C(\C=C/C1C=C1)c1ccc2nccc(C(N)=O)c2c1)c1ccc(F)c(C)c1. The fraction of sp³-hybridized carbons (Fsp3) is 0.120. The largest absolute Gasteiger partial charge is 0.366 e. The number of rotatable bonds is 5. The summed E-state index contributed by atoms with van der Waals surface area (Å²) in [4.78, 5) is 16.2. The van der Waals surface area contributed by atoms with Crippen molar-refractivity contribution in [3.63, 3.8) is 0 Å². The van der Waals surface area contributed by atoms with E-state index >= 15 is 0 Å². The lowest BCUT2D eigenvalue weighted by atomic mass is 9.92. The number of benzene rings is 2. The molecule has 0 spiro atoms. The van der Waals surface area contributed by atoms with Crippen molar-refractivity contribution in [2.24, 2.45) is 11.7 Å². The molecule has 0 saturated carbocycles. The number of aryl methyl sites for hydroxylation is 1. The number of carbonyl (C=O) groups is 1. The third-order valence-electron chi connectivity index (χ3n) is 5.21. The van der Waals surface area contributed by atoms with E-state index in [0.717, 1.165) is 27.7 Å². The van der Waals surface area contributed by atoms with E-state index in [1.807, 2.05) is 31.2 Å². The van der Waals surface area contributed by atoms with E-state index < -0.39 is 5.91 Å². The van der Waals surface area contributed by atoms with Crippen molar-refractivity contribution in [2.45, 2.75) is 13.8 Å². The summed E-state index contributed by atoms with van der Waals surface area (Å²) in [5.41, 5.74) is 11.2. The van der Waals surface area contributed by atoms with Gasteiger partial charge in [-0.05, 0) is 72.0 Å². The quantitative estimate of drug-likeness (QED) is 0.361. The Hall–Kier alpha value is -3.53. The lowest BCUT2D eigenvalue weighted by molar-refractivity contribution is 0.100. The van der Waals surface area contributed by atoms with Crippen LogP contribution >= 0.6 is 0 Å². The summed E-state index contributed by atoms with van der Waals surface area (Å²) < 4.78 is 13.8. The monoisotopic (exact) mass is 384 g/mol. The summed E-state index contributed by atoms with van der Waals surface area (Å²) in [6, 6.07) is 12.6. The Morgan fingerprint density at radius 3 is 2.55 bits per heavy atom. The van der Waals surface area contributed by atoms with E-state index in [4.69, 9.17) is 5.73 Å².